The third-order valence-electron chi connectivity index (χ3n) is 3.30. The Hall–Kier alpha value is -2.57. The van der Waals surface area contributed by atoms with Gasteiger partial charge in [-0.1, -0.05) is 24.3 Å². The van der Waals surface area contributed by atoms with Gasteiger partial charge in [-0.05, 0) is 11.5 Å². The van der Waals surface area contributed by atoms with Crippen LogP contribution in [0, 0.1) is 0 Å². The van der Waals surface area contributed by atoms with Crippen LogP contribution in [0.5, 0.6) is 5.88 Å². The predicted octanol–water partition coefficient (Wildman–Crippen LogP) is 1.59. The highest BCUT2D eigenvalue weighted by Crippen LogP contribution is 2.29. The van der Waals surface area contributed by atoms with E-state index in [4.69, 9.17) is 10.6 Å². The predicted molar refractivity (Wildman–Crippen MR) is 79.5 cm³/mol. The number of pyridine rings is 1. The van der Waals surface area contributed by atoms with Gasteiger partial charge in [0.05, 0.1) is 12.8 Å². The van der Waals surface area contributed by atoms with Crippen molar-refractivity contribution in [2.75, 3.05) is 7.11 Å². The summed E-state index contributed by atoms with van der Waals surface area (Å²) in [6.45, 7) is 0. The fourth-order valence-electron chi connectivity index (χ4n) is 2.35. The molecule has 0 fully saturated rings. The lowest BCUT2D eigenvalue weighted by atomic mass is 10.0. The number of hydrogen-bond acceptors (Lipinski definition) is 6. The molecule has 3 N–H and O–H groups in total. The van der Waals surface area contributed by atoms with Crippen LogP contribution in [0.1, 0.15) is 17.4 Å². The molecule has 0 spiro atoms. The summed E-state index contributed by atoms with van der Waals surface area (Å²) in [5.41, 5.74) is 4.15. The quantitative estimate of drug-likeness (QED) is 0.558. The van der Waals surface area contributed by atoms with Crippen molar-refractivity contribution in [2.24, 2.45) is 5.84 Å². The minimum absolute atomic E-state index is 0.403. The molecular formula is C15H15N5O. The first kappa shape index (κ1) is 13.4. The van der Waals surface area contributed by atoms with Gasteiger partial charge < -0.3 is 4.74 Å². The Morgan fingerprint density at radius 3 is 2.57 bits per heavy atom. The van der Waals surface area contributed by atoms with Gasteiger partial charge in [0.15, 0.2) is 0 Å². The molecule has 0 aliphatic carbocycles. The van der Waals surface area contributed by atoms with E-state index in [1.54, 1.807) is 25.7 Å². The van der Waals surface area contributed by atoms with Crippen molar-refractivity contribution in [2.45, 2.75) is 6.04 Å². The van der Waals surface area contributed by atoms with Gasteiger partial charge >= 0.3 is 0 Å². The second kappa shape index (κ2) is 5.82. The number of nitrogens with one attached hydrogen (secondary N) is 1. The van der Waals surface area contributed by atoms with Gasteiger partial charge in [0.2, 0.25) is 5.88 Å². The second-order valence-corrected chi connectivity index (χ2v) is 4.47. The maximum absolute atomic E-state index is 5.74. The number of ether oxygens (including phenoxy) is 1. The van der Waals surface area contributed by atoms with Crippen LogP contribution in [0.2, 0.25) is 0 Å². The van der Waals surface area contributed by atoms with Gasteiger partial charge in [0, 0.05) is 24.0 Å². The number of benzene rings is 1. The summed E-state index contributed by atoms with van der Waals surface area (Å²) in [6.07, 6.45) is 4.94. The molecule has 3 rings (SSSR count). The lowest BCUT2D eigenvalue weighted by Gasteiger charge is -2.18. The molecule has 6 nitrogen and oxygen atoms in total. The number of nitrogens with zero attached hydrogens (tertiary/aromatic N) is 3. The molecule has 21 heavy (non-hydrogen) atoms. The molecule has 0 amide bonds. The van der Waals surface area contributed by atoms with Gasteiger partial charge in [-0.15, -0.1) is 0 Å². The molecule has 0 aliphatic heterocycles. The molecule has 1 aromatic carbocycles. The van der Waals surface area contributed by atoms with E-state index in [9.17, 15) is 0 Å². The molecule has 3 aromatic rings. The zero-order valence-corrected chi connectivity index (χ0v) is 11.5. The number of fused-ring (bicyclic) bond motifs is 1. The number of rotatable bonds is 4. The van der Waals surface area contributed by atoms with Crippen LogP contribution in [0.3, 0.4) is 0 Å². The highest BCUT2D eigenvalue weighted by molar-refractivity contribution is 5.85. The average molecular weight is 281 g/mol. The third-order valence-corrected chi connectivity index (χ3v) is 3.30. The molecule has 0 bridgehead atoms. The van der Waals surface area contributed by atoms with Crippen LogP contribution in [0.4, 0.5) is 0 Å². The largest absolute Gasteiger partial charge is 0.480 e. The fourth-order valence-corrected chi connectivity index (χ4v) is 2.35. The first-order valence-corrected chi connectivity index (χ1v) is 6.50. The van der Waals surface area contributed by atoms with Crippen LogP contribution in [-0.4, -0.2) is 22.1 Å². The zero-order valence-electron chi connectivity index (χ0n) is 11.5. The Bertz CT molecular complexity index is 756. The van der Waals surface area contributed by atoms with E-state index in [-0.39, 0.29) is 0 Å². The van der Waals surface area contributed by atoms with E-state index in [2.05, 4.69) is 20.4 Å². The second-order valence-electron chi connectivity index (χ2n) is 4.47. The minimum Gasteiger partial charge on any atom is -0.480 e. The topological polar surface area (TPSA) is 86.0 Å². The number of hydrogen-bond donors (Lipinski definition) is 2. The van der Waals surface area contributed by atoms with Crippen molar-refractivity contribution in [3.8, 4) is 5.88 Å². The minimum atomic E-state index is -0.403. The molecule has 0 radical (unpaired) electrons. The number of aromatic nitrogens is 3. The third kappa shape index (κ3) is 2.42. The van der Waals surface area contributed by atoms with Gasteiger partial charge in [0.1, 0.15) is 11.7 Å². The van der Waals surface area contributed by atoms with Gasteiger partial charge in [-0.3, -0.25) is 15.8 Å². The molecule has 106 valence electrons. The molecule has 0 saturated carbocycles. The maximum atomic E-state index is 5.74. The van der Waals surface area contributed by atoms with Crippen molar-refractivity contribution in [1.29, 1.82) is 0 Å². The molecule has 1 unspecified atom stereocenters. The lowest BCUT2D eigenvalue weighted by molar-refractivity contribution is 0.382. The van der Waals surface area contributed by atoms with E-state index in [1.807, 2.05) is 30.3 Å². The molecule has 2 heterocycles. The normalized spacial score (nSPS) is 12.3. The van der Waals surface area contributed by atoms with Crippen LogP contribution in [0.15, 0.2) is 48.9 Å². The zero-order chi connectivity index (χ0) is 14.7. The van der Waals surface area contributed by atoms with Crippen molar-refractivity contribution in [1.82, 2.24) is 20.4 Å². The summed E-state index contributed by atoms with van der Waals surface area (Å²) in [6, 6.07) is 9.54. The van der Waals surface area contributed by atoms with Gasteiger partial charge in [-0.25, -0.2) is 10.4 Å². The summed E-state index contributed by atoms with van der Waals surface area (Å²) in [5.74, 6) is 6.16. The molecule has 2 aromatic heterocycles. The average Bonchev–Trinajstić information content (AvgIpc) is 2.56. The van der Waals surface area contributed by atoms with E-state index < -0.39 is 6.04 Å². The molecular weight excluding hydrogens is 266 g/mol. The van der Waals surface area contributed by atoms with Crippen LogP contribution >= 0.6 is 0 Å². The Morgan fingerprint density at radius 2 is 1.76 bits per heavy atom. The standard InChI is InChI=1S/C15H15N5O/c1-21-15-14(18-8-9-19-15)13(20-16)12-11-5-3-2-4-10(11)6-7-17-12/h2-9,13,20H,16H2,1H3. The SMILES string of the molecule is COc1nccnc1C(NN)c1nccc2ccccc12. The lowest BCUT2D eigenvalue weighted by Crippen LogP contribution is -2.30. The Labute approximate surface area is 122 Å². The maximum Gasteiger partial charge on any atom is 0.237 e. The summed E-state index contributed by atoms with van der Waals surface area (Å²) in [4.78, 5) is 13.0. The first-order chi connectivity index (χ1) is 10.3. The monoisotopic (exact) mass is 281 g/mol. The molecule has 0 aliphatic rings. The highest BCUT2D eigenvalue weighted by Gasteiger charge is 2.22. The van der Waals surface area contributed by atoms with Crippen LogP contribution in [-0.2, 0) is 0 Å². The summed E-state index contributed by atoms with van der Waals surface area (Å²) in [7, 11) is 1.55. The summed E-state index contributed by atoms with van der Waals surface area (Å²) in [5, 5.41) is 2.10. The number of methoxy groups -OCH3 is 1. The Balaban J connectivity index is 2.19. The smallest absolute Gasteiger partial charge is 0.237 e. The van der Waals surface area contributed by atoms with E-state index in [1.165, 1.54) is 0 Å². The fraction of sp³-hybridized carbons (Fsp3) is 0.133. The van der Waals surface area contributed by atoms with Gasteiger partial charge in [-0.2, -0.15) is 0 Å². The Kier molecular flexibility index (Phi) is 3.72. The van der Waals surface area contributed by atoms with Crippen LogP contribution in [0.25, 0.3) is 10.8 Å². The van der Waals surface area contributed by atoms with Crippen molar-refractivity contribution in [3.05, 3.63) is 60.3 Å². The molecule has 6 heteroatoms. The highest BCUT2D eigenvalue weighted by atomic mass is 16.5. The van der Waals surface area contributed by atoms with Gasteiger partial charge in [0.25, 0.3) is 0 Å². The van der Waals surface area contributed by atoms with E-state index >= 15 is 0 Å². The van der Waals surface area contributed by atoms with Crippen molar-refractivity contribution in [3.63, 3.8) is 0 Å². The van der Waals surface area contributed by atoms with E-state index in [0.29, 0.717) is 11.6 Å². The summed E-state index contributed by atoms with van der Waals surface area (Å²) < 4.78 is 5.26. The molecule has 1 atom stereocenters. The van der Waals surface area contributed by atoms with Crippen molar-refractivity contribution < 1.29 is 4.74 Å². The molecule has 0 saturated heterocycles. The number of hydrazine groups is 1. The van der Waals surface area contributed by atoms with Crippen molar-refractivity contribution >= 4 is 10.8 Å². The van der Waals surface area contributed by atoms with E-state index in [0.717, 1.165) is 16.5 Å². The summed E-state index contributed by atoms with van der Waals surface area (Å²) >= 11 is 0. The van der Waals surface area contributed by atoms with Crippen LogP contribution < -0.4 is 16.0 Å². The Morgan fingerprint density at radius 1 is 1.00 bits per heavy atom. The number of nitrogens with two attached hydrogens (primary N) is 1. The first-order valence-electron chi connectivity index (χ1n) is 6.50.